The molecule has 0 aliphatic rings. The molecule has 0 aromatic heterocycles. The lowest BCUT2D eigenvalue weighted by Gasteiger charge is -2.21. The molecule has 0 aromatic carbocycles. The van der Waals surface area contributed by atoms with E-state index in [0.717, 1.165) is 0 Å². The largest absolute Gasteiger partial charge is 0.466 e. The van der Waals surface area contributed by atoms with Crippen molar-refractivity contribution in [2.45, 2.75) is 34.1 Å². The van der Waals surface area contributed by atoms with Gasteiger partial charge in [-0.15, -0.1) is 0 Å². The number of rotatable bonds is 9. The second-order valence-corrected chi connectivity index (χ2v) is 6.72. The maximum Gasteiger partial charge on any atom is 0.313 e. The first-order valence-electron chi connectivity index (χ1n) is 6.39. The molecule has 0 bridgehead atoms. The van der Waals surface area contributed by atoms with Crippen molar-refractivity contribution in [3.63, 3.8) is 0 Å². The molecule has 20 heavy (non-hydrogen) atoms. The monoisotopic (exact) mass is 309 g/mol. The van der Waals surface area contributed by atoms with Gasteiger partial charge in [-0.05, 0) is 27.2 Å². The minimum absolute atomic E-state index is 0.216. The number of esters is 1. The second kappa shape index (κ2) is 8.21. The van der Waals surface area contributed by atoms with Gasteiger partial charge >= 0.3 is 5.97 Å². The van der Waals surface area contributed by atoms with Crippen molar-refractivity contribution >= 4 is 22.0 Å². The zero-order chi connectivity index (χ0) is 15.8. The molecule has 0 heterocycles. The lowest BCUT2D eigenvalue weighted by atomic mass is 9.95. The summed E-state index contributed by atoms with van der Waals surface area (Å²) in [4.78, 5) is 22.2. The van der Waals surface area contributed by atoms with Crippen LogP contribution in [0.4, 0.5) is 0 Å². The van der Waals surface area contributed by atoms with Crippen molar-refractivity contribution in [3.8, 4) is 0 Å². The Balaban J connectivity index is 4.21. The highest BCUT2D eigenvalue weighted by molar-refractivity contribution is 7.86. The van der Waals surface area contributed by atoms with E-state index in [4.69, 9.17) is 8.92 Å². The Kier molecular flexibility index (Phi) is 7.74. The Hall–Kier alpha value is -1.15. The summed E-state index contributed by atoms with van der Waals surface area (Å²) >= 11 is 0. The van der Waals surface area contributed by atoms with Crippen LogP contribution >= 0.6 is 0 Å². The van der Waals surface area contributed by atoms with E-state index in [1.54, 1.807) is 20.8 Å². The molecule has 0 spiro atoms. The van der Waals surface area contributed by atoms with Crippen LogP contribution in [0, 0.1) is 5.41 Å². The van der Waals surface area contributed by atoms with Gasteiger partial charge in [0.25, 0.3) is 10.1 Å². The summed E-state index contributed by atoms with van der Waals surface area (Å²) in [6.07, 6.45) is 0.252. The van der Waals surface area contributed by atoms with Gasteiger partial charge in [-0.25, -0.2) is 0 Å². The van der Waals surface area contributed by atoms with Crippen LogP contribution in [0.3, 0.4) is 0 Å². The minimum atomic E-state index is -3.72. The number of amides is 1. The quantitative estimate of drug-likeness (QED) is 0.377. The van der Waals surface area contributed by atoms with Crippen molar-refractivity contribution in [2.75, 3.05) is 25.5 Å². The third-order valence-corrected chi connectivity index (χ3v) is 3.64. The van der Waals surface area contributed by atoms with Gasteiger partial charge in [-0.2, -0.15) is 8.42 Å². The van der Waals surface area contributed by atoms with Crippen LogP contribution in [0.1, 0.15) is 34.1 Å². The Morgan fingerprint density at radius 2 is 1.85 bits per heavy atom. The molecule has 8 heteroatoms. The Morgan fingerprint density at radius 3 is 2.35 bits per heavy atom. The van der Waals surface area contributed by atoms with Gasteiger partial charge in [0.1, 0.15) is 0 Å². The summed E-state index contributed by atoms with van der Waals surface area (Å²) in [5.74, 6) is -0.938. The molecule has 0 radical (unpaired) electrons. The highest BCUT2D eigenvalue weighted by Crippen LogP contribution is 2.19. The summed E-state index contributed by atoms with van der Waals surface area (Å²) in [5, 5.41) is 2.49. The Bertz CT molecular complexity index is 429. The topological polar surface area (TPSA) is 98.8 Å². The fourth-order valence-electron chi connectivity index (χ4n) is 1.19. The van der Waals surface area contributed by atoms with Crippen LogP contribution in [0.25, 0.3) is 0 Å². The molecule has 7 nitrogen and oxygen atoms in total. The molecule has 0 atom stereocenters. The first-order valence-corrected chi connectivity index (χ1v) is 7.97. The molecule has 0 unspecified atom stereocenters. The third kappa shape index (κ3) is 8.11. The van der Waals surface area contributed by atoms with E-state index in [-0.39, 0.29) is 37.8 Å². The highest BCUT2D eigenvalue weighted by Gasteiger charge is 2.31. The van der Waals surface area contributed by atoms with Gasteiger partial charge in [0, 0.05) is 13.5 Å². The second-order valence-electron chi connectivity index (χ2n) is 4.96. The lowest BCUT2D eigenvalue weighted by molar-refractivity contribution is -0.154. The van der Waals surface area contributed by atoms with Crippen molar-refractivity contribution in [1.29, 1.82) is 0 Å². The standard InChI is InChI=1S/C12H23NO6S/c1-5-18-11(15)12(3,4)9-19-20(16,17)8-6-7-13-10(2)14/h5-9H2,1-4H3,(H,13,14). The Morgan fingerprint density at radius 1 is 1.25 bits per heavy atom. The molecular weight excluding hydrogens is 286 g/mol. The molecule has 0 aromatic rings. The number of ether oxygens (including phenoxy) is 1. The highest BCUT2D eigenvalue weighted by atomic mass is 32.2. The van der Waals surface area contributed by atoms with Crippen LogP contribution in [-0.2, 0) is 28.6 Å². The molecule has 0 rings (SSSR count). The lowest BCUT2D eigenvalue weighted by Crippen LogP contribution is -2.33. The van der Waals surface area contributed by atoms with Crippen LogP contribution < -0.4 is 5.32 Å². The summed E-state index contributed by atoms with van der Waals surface area (Å²) in [7, 11) is -3.72. The summed E-state index contributed by atoms with van der Waals surface area (Å²) in [6.45, 7) is 6.36. The fourth-order valence-corrected chi connectivity index (χ4v) is 2.28. The molecule has 0 saturated heterocycles. The number of nitrogens with one attached hydrogen (secondary N) is 1. The van der Waals surface area contributed by atoms with Crippen molar-refractivity contribution in [3.05, 3.63) is 0 Å². The van der Waals surface area contributed by atoms with E-state index in [2.05, 4.69) is 5.32 Å². The zero-order valence-corrected chi connectivity index (χ0v) is 13.2. The smallest absolute Gasteiger partial charge is 0.313 e. The maximum absolute atomic E-state index is 11.6. The van der Waals surface area contributed by atoms with E-state index >= 15 is 0 Å². The summed E-state index contributed by atoms with van der Waals surface area (Å²) in [5.41, 5.74) is -1.03. The van der Waals surface area contributed by atoms with Gasteiger partial charge in [0.05, 0.1) is 24.4 Å². The van der Waals surface area contributed by atoms with Crippen LogP contribution in [0.15, 0.2) is 0 Å². The predicted molar refractivity (Wildman–Crippen MR) is 73.5 cm³/mol. The predicted octanol–water partition coefficient (Wildman–Crippen LogP) is 0.448. The molecule has 1 N–H and O–H groups in total. The van der Waals surface area contributed by atoms with Gasteiger partial charge in [-0.3, -0.25) is 13.8 Å². The molecule has 0 aliphatic heterocycles. The maximum atomic E-state index is 11.6. The Labute approximate surface area is 120 Å². The van der Waals surface area contributed by atoms with E-state index in [0.29, 0.717) is 0 Å². The van der Waals surface area contributed by atoms with E-state index in [9.17, 15) is 18.0 Å². The zero-order valence-electron chi connectivity index (χ0n) is 12.4. The van der Waals surface area contributed by atoms with Crippen LogP contribution in [0.2, 0.25) is 0 Å². The summed E-state index contributed by atoms with van der Waals surface area (Å²) < 4.78 is 32.9. The van der Waals surface area contributed by atoms with Crippen LogP contribution in [0.5, 0.6) is 0 Å². The first-order chi connectivity index (χ1) is 9.10. The number of hydrogen-bond donors (Lipinski definition) is 1. The fraction of sp³-hybridized carbons (Fsp3) is 0.833. The van der Waals surface area contributed by atoms with Gasteiger partial charge in [0.2, 0.25) is 5.91 Å². The SMILES string of the molecule is CCOC(=O)C(C)(C)COS(=O)(=O)CCCNC(C)=O. The van der Waals surface area contributed by atoms with Crippen molar-refractivity contribution in [2.24, 2.45) is 5.41 Å². The van der Waals surface area contributed by atoms with Gasteiger partial charge in [0.15, 0.2) is 0 Å². The number of carbonyl (C=O) groups excluding carboxylic acids is 2. The molecule has 1 amide bonds. The number of hydrogen-bond acceptors (Lipinski definition) is 6. The van der Waals surface area contributed by atoms with E-state index < -0.39 is 21.5 Å². The van der Waals surface area contributed by atoms with Crippen LogP contribution in [-0.4, -0.2) is 45.8 Å². The third-order valence-electron chi connectivity index (χ3n) is 2.37. The van der Waals surface area contributed by atoms with Crippen molar-refractivity contribution < 1.29 is 26.9 Å². The van der Waals surface area contributed by atoms with Crippen molar-refractivity contribution in [1.82, 2.24) is 5.32 Å². The average Bonchev–Trinajstić information content (AvgIpc) is 2.33. The first kappa shape index (κ1) is 18.9. The summed E-state index contributed by atoms with van der Waals surface area (Å²) in [6, 6.07) is 0. The van der Waals surface area contributed by atoms with E-state index in [1.807, 2.05) is 0 Å². The van der Waals surface area contributed by atoms with E-state index in [1.165, 1.54) is 6.92 Å². The normalized spacial score (nSPS) is 12.0. The average molecular weight is 309 g/mol. The van der Waals surface area contributed by atoms with Gasteiger partial charge in [-0.1, -0.05) is 0 Å². The minimum Gasteiger partial charge on any atom is -0.466 e. The molecule has 0 saturated carbocycles. The molecule has 0 fully saturated rings. The molecular formula is C12H23NO6S. The number of carbonyl (C=O) groups is 2. The molecule has 118 valence electrons. The van der Waals surface area contributed by atoms with Gasteiger partial charge < -0.3 is 10.1 Å². The molecule has 0 aliphatic carbocycles.